The molecule has 0 fully saturated rings. The zero-order valence-corrected chi connectivity index (χ0v) is 35.3. The van der Waals surface area contributed by atoms with E-state index in [4.69, 9.17) is 0 Å². The van der Waals surface area contributed by atoms with Gasteiger partial charge in [0, 0.05) is 34.9 Å². The number of hydrogen-bond acceptors (Lipinski definition) is 10. The van der Waals surface area contributed by atoms with Gasteiger partial charge in [-0.3, -0.25) is 0 Å². The van der Waals surface area contributed by atoms with E-state index in [1.54, 1.807) is 36.9 Å². The maximum absolute atomic E-state index is 13.3. The smallest absolute Gasteiger partial charge is 0.138 e. The second-order valence-corrected chi connectivity index (χ2v) is 16.4. The SMILES string of the molecule is C.CC(NCCCNc1ncnc2sc3c(c12)CCCC3)c1cccc(F)c1.CC(NCCCNc1ncnc2sc3c(c12)CCCC3)c1cccc(F)c1.Cl.Cl. The van der Waals surface area contributed by atoms with Gasteiger partial charge < -0.3 is 21.3 Å². The van der Waals surface area contributed by atoms with E-state index in [2.05, 4.69) is 55.1 Å². The lowest BCUT2D eigenvalue weighted by Gasteiger charge is -2.15. The molecular formula is C43H56Cl2F2N8S2. The topological polar surface area (TPSA) is 99.7 Å². The minimum absolute atomic E-state index is 0. The fourth-order valence-electron chi connectivity index (χ4n) is 7.46. The van der Waals surface area contributed by atoms with Crippen LogP contribution in [0.2, 0.25) is 0 Å². The van der Waals surface area contributed by atoms with Crippen LogP contribution in [0, 0.1) is 11.6 Å². The molecule has 6 aromatic rings. The molecular weight excluding hydrogens is 802 g/mol. The molecule has 0 radical (unpaired) electrons. The van der Waals surface area contributed by atoms with E-state index >= 15 is 0 Å². The summed E-state index contributed by atoms with van der Waals surface area (Å²) in [6.07, 6.45) is 15.0. The number of aromatic nitrogens is 4. The highest BCUT2D eigenvalue weighted by Gasteiger charge is 2.21. The van der Waals surface area contributed by atoms with Crippen LogP contribution in [0.1, 0.15) is 104 Å². The van der Waals surface area contributed by atoms with Crippen LogP contribution in [0.15, 0.2) is 61.2 Å². The Bertz CT molecular complexity index is 2010. The van der Waals surface area contributed by atoms with Gasteiger partial charge in [-0.15, -0.1) is 47.5 Å². The van der Waals surface area contributed by atoms with Gasteiger partial charge in [0.05, 0.1) is 10.8 Å². The average Bonchev–Trinajstić information content (AvgIpc) is 3.77. The predicted molar refractivity (Wildman–Crippen MR) is 241 cm³/mol. The molecule has 4 aromatic heterocycles. The monoisotopic (exact) mass is 856 g/mol. The van der Waals surface area contributed by atoms with Crippen molar-refractivity contribution in [2.75, 3.05) is 36.8 Å². The molecule has 8 rings (SSSR count). The number of fused-ring (bicyclic) bond motifs is 6. The van der Waals surface area contributed by atoms with E-state index in [0.717, 1.165) is 84.3 Å². The minimum atomic E-state index is -0.185. The van der Waals surface area contributed by atoms with Crippen LogP contribution in [0.3, 0.4) is 0 Å². The van der Waals surface area contributed by atoms with Gasteiger partial charge in [-0.25, -0.2) is 28.7 Å². The molecule has 4 heterocycles. The second kappa shape index (κ2) is 22.6. The molecule has 0 aliphatic heterocycles. The van der Waals surface area contributed by atoms with Crippen LogP contribution < -0.4 is 21.3 Å². The van der Waals surface area contributed by atoms with E-state index in [1.165, 1.54) is 82.3 Å². The number of halogens is 4. The third-order valence-electron chi connectivity index (χ3n) is 10.4. The second-order valence-electron chi connectivity index (χ2n) is 14.2. The minimum Gasteiger partial charge on any atom is -0.369 e. The first-order chi connectivity index (χ1) is 26.4. The molecule has 308 valence electrons. The summed E-state index contributed by atoms with van der Waals surface area (Å²) in [5.74, 6) is 1.57. The van der Waals surface area contributed by atoms with Crippen molar-refractivity contribution in [1.29, 1.82) is 0 Å². The van der Waals surface area contributed by atoms with Crippen LogP contribution in [-0.4, -0.2) is 46.1 Å². The van der Waals surface area contributed by atoms with Gasteiger partial charge >= 0.3 is 0 Å². The highest BCUT2D eigenvalue weighted by atomic mass is 35.5. The van der Waals surface area contributed by atoms with Crippen LogP contribution in [0.5, 0.6) is 0 Å². The Labute approximate surface area is 356 Å². The molecule has 2 aliphatic carbocycles. The molecule has 2 unspecified atom stereocenters. The maximum Gasteiger partial charge on any atom is 0.138 e. The van der Waals surface area contributed by atoms with Crippen molar-refractivity contribution in [3.8, 4) is 0 Å². The summed E-state index contributed by atoms with van der Waals surface area (Å²) in [4.78, 5) is 23.2. The zero-order valence-electron chi connectivity index (χ0n) is 32.0. The van der Waals surface area contributed by atoms with E-state index < -0.39 is 0 Å². The Morgan fingerprint density at radius 3 is 1.44 bits per heavy atom. The van der Waals surface area contributed by atoms with Crippen molar-refractivity contribution >= 4 is 79.6 Å². The number of nitrogens with zero attached hydrogens (tertiary/aromatic N) is 4. The molecule has 57 heavy (non-hydrogen) atoms. The van der Waals surface area contributed by atoms with Crippen LogP contribution in [0.25, 0.3) is 20.4 Å². The predicted octanol–water partition coefficient (Wildman–Crippen LogP) is 11.2. The van der Waals surface area contributed by atoms with Crippen molar-refractivity contribution in [3.63, 3.8) is 0 Å². The molecule has 0 saturated heterocycles. The summed E-state index contributed by atoms with van der Waals surface area (Å²) in [5.41, 5.74) is 4.88. The van der Waals surface area contributed by atoms with Gasteiger partial charge in [0.15, 0.2) is 0 Å². The van der Waals surface area contributed by atoms with Crippen LogP contribution in [0.4, 0.5) is 20.4 Å². The number of benzene rings is 2. The largest absolute Gasteiger partial charge is 0.369 e. The summed E-state index contributed by atoms with van der Waals surface area (Å²) < 4.78 is 26.7. The Morgan fingerprint density at radius 2 is 1.02 bits per heavy atom. The Morgan fingerprint density at radius 1 is 0.596 bits per heavy atom. The Balaban J connectivity index is 0.000000240. The number of rotatable bonds is 14. The maximum atomic E-state index is 13.3. The lowest BCUT2D eigenvalue weighted by molar-refractivity contribution is 0.557. The number of aryl methyl sites for hydroxylation is 4. The lowest BCUT2D eigenvalue weighted by atomic mass is 9.97. The highest BCUT2D eigenvalue weighted by Crippen LogP contribution is 2.39. The van der Waals surface area contributed by atoms with Gasteiger partial charge in [0.25, 0.3) is 0 Å². The summed E-state index contributed by atoms with van der Waals surface area (Å²) in [5, 5.41) is 16.4. The first kappa shape index (κ1) is 46.2. The first-order valence-electron chi connectivity index (χ1n) is 19.4. The molecule has 2 atom stereocenters. The quantitative estimate of drug-likeness (QED) is 0.0804. The van der Waals surface area contributed by atoms with Crippen molar-refractivity contribution in [2.24, 2.45) is 0 Å². The third-order valence-corrected chi connectivity index (χ3v) is 12.8. The fraction of sp³-hybridized carbons (Fsp3) is 0.442. The van der Waals surface area contributed by atoms with Crippen molar-refractivity contribution in [1.82, 2.24) is 30.6 Å². The van der Waals surface area contributed by atoms with Crippen molar-refractivity contribution in [3.05, 3.63) is 105 Å². The fourth-order valence-corrected chi connectivity index (χ4v) is 9.92. The van der Waals surface area contributed by atoms with E-state index in [1.807, 2.05) is 34.8 Å². The van der Waals surface area contributed by atoms with Gasteiger partial charge in [0.2, 0.25) is 0 Å². The standard InChI is InChI=1S/2C21H25FN4S.CH4.2ClH/c2*1-14(15-6-4-7-16(22)12-15)23-10-5-11-24-20-19-17-8-2-3-9-18(17)27-21(19)26-13-25-20;;;/h2*4,6-7,12-14,23H,2-3,5,8-11H2,1H3,(H,24,25,26);1H4;2*1H. The molecule has 2 aromatic carbocycles. The van der Waals surface area contributed by atoms with Crippen molar-refractivity contribution in [2.45, 2.75) is 97.6 Å². The summed E-state index contributed by atoms with van der Waals surface area (Å²) in [7, 11) is 0. The van der Waals surface area contributed by atoms with E-state index in [9.17, 15) is 8.78 Å². The average molecular weight is 858 g/mol. The normalized spacial score (nSPS) is 14.1. The molecule has 14 heteroatoms. The number of anilines is 2. The molecule has 0 bridgehead atoms. The Kier molecular flexibility index (Phi) is 18.3. The lowest BCUT2D eigenvalue weighted by Crippen LogP contribution is -2.22. The molecule has 8 nitrogen and oxygen atoms in total. The summed E-state index contributed by atoms with van der Waals surface area (Å²) in [6.45, 7) is 7.54. The molecule has 4 N–H and O–H groups in total. The molecule has 0 saturated carbocycles. The third kappa shape index (κ3) is 11.8. The number of nitrogens with one attached hydrogen (secondary N) is 4. The highest BCUT2D eigenvalue weighted by molar-refractivity contribution is 7.19. The van der Waals surface area contributed by atoms with E-state index in [-0.39, 0.29) is 56.0 Å². The van der Waals surface area contributed by atoms with Gasteiger partial charge in [-0.1, -0.05) is 31.7 Å². The van der Waals surface area contributed by atoms with Gasteiger partial charge in [-0.2, -0.15) is 0 Å². The molecule has 0 amide bonds. The first-order valence-corrected chi connectivity index (χ1v) is 21.0. The number of thiophene rings is 2. The summed E-state index contributed by atoms with van der Waals surface area (Å²) >= 11 is 3.65. The van der Waals surface area contributed by atoms with Gasteiger partial charge in [-0.05, 0) is 138 Å². The van der Waals surface area contributed by atoms with E-state index in [0.29, 0.717) is 0 Å². The van der Waals surface area contributed by atoms with Crippen LogP contribution >= 0.6 is 47.5 Å². The Hall–Kier alpha value is -3.52. The van der Waals surface area contributed by atoms with Gasteiger partial charge in [0.1, 0.15) is 45.6 Å². The summed E-state index contributed by atoms with van der Waals surface area (Å²) in [6, 6.07) is 13.8. The molecule has 2 aliphatic rings. The van der Waals surface area contributed by atoms with Crippen LogP contribution in [-0.2, 0) is 25.7 Å². The zero-order chi connectivity index (χ0) is 37.3. The number of hydrogen-bond donors (Lipinski definition) is 4. The molecule has 0 spiro atoms. The van der Waals surface area contributed by atoms with Crippen molar-refractivity contribution < 1.29 is 8.78 Å².